The van der Waals surface area contributed by atoms with Crippen molar-refractivity contribution in [3.05, 3.63) is 65.5 Å². The third kappa shape index (κ3) is 4.03. The Morgan fingerprint density at radius 3 is 2.13 bits per heavy atom. The predicted octanol–water partition coefficient (Wildman–Crippen LogP) is 3.54. The molecule has 1 atom stereocenters. The second-order valence-electron chi connectivity index (χ2n) is 5.57. The predicted molar refractivity (Wildman–Crippen MR) is 80.3 cm³/mol. The van der Waals surface area contributed by atoms with E-state index in [0.717, 1.165) is 31.0 Å². The maximum Gasteiger partial charge on any atom is 0.247 e. The lowest BCUT2D eigenvalue weighted by Gasteiger charge is -2.20. The highest BCUT2D eigenvalue weighted by Gasteiger charge is 2.28. The lowest BCUT2D eigenvalue weighted by Crippen LogP contribution is -2.34. The molecule has 6 heteroatoms. The largest absolute Gasteiger partial charge is 0.370 e. The first-order valence-electron chi connectivity index (χ1n) is 7.30. The summed E-state index contributed by atoms with van der Waals surface area (Å²) in [7, 11) is 0. The number of amides is 1. The molecule has 1 fully saturated rings. The van der Waals surface area contributed by atoms with Crippen LogP contribution in [0.2, 0.25) is 0 Å². The SMILES string of the molecule is O=C(NC1CC1)C(Nc1cc(F)cc(F)c1)c1ccc(F)cc1. The van der Waals surface area contributed by atoms with Gasteiger partial charge >= 0.3 is 0 Å². The molecule has 0 aromatic heterocycles. The highest BCUT2D eigenvalue weighted by molar-refractivity contribution is 5.86. The van der Waals surface area contributed by atoms with Crippen molar-refractivity contribution in [3.8, 4) is 0 Å². The second kappa shape index (κ2) is 6.32. The standard InChI is InChI=1S/C17H15F3N2O/c18-11-3-1-10(2-4-11)16(17(23)22-14-5-6-14)21-15-8-12(19)7-13(20)9-15/h1-4,7-9,14,16,21H,5-6H2,(H,22,23). The summed E-state index contributed by atoms with van der Waals surface area (Å²) in [6, 6.07) is 7.64. The summed E-state index contributed by atoms with van der Waals surface area (Å²) in [5.74, 6) is -2.23. The van der Waals surface area contributed by atoms with Gasteiger partial charge in [-0.2, -0.15) is 0 Å². The Labute approximate surface area is 131 Å². The Bertz CT molecular complexity index is 694. The van der Waals surface area contributed by atoms with Crippen LogP contribution in [0.4, 0.5) is 18.9 Å². The fourth-order valence-electron chi connectivity index (χ4n) is 2.27. The Balaban J connectivity index is 1.87. The quantitative estimate of drug-likeness (QED) is 0.885. The van der Waals surface area contributed by atoms with Crippen molar-refractivity contribution in [1.29, 1.82) is 0 Å². The minimum absolute atomic E-state index is 0.136. The lowest BCUT2D eigenvalue weighted by molar-refractivity contribution is -0.122. The summed E-state index contributed by atoms with van der Waals surface area (Å²) in [6.07, 6.45) is 1.83. The molecular weight excluding hydrogens is 305 g/mol. The maximum atomic E-state index is 13.3. The number of hydrogen-bond acceptors (Lipinski definition) is 2. The van der Waals surface area contributed by atoms with Gasteiger partial charge in [-0.15, -0.1) is 0 Å². The van der Waals surface area contributed by atoms with Crippen molar-refractivity contribution < 1.29 is 18.0 Å². The fraction of sp³-hybridized carbons (Fsp3) is 0.235. The summed E-state index contributed by atoms with van der Waals surface area (Å²) in [6.45, 7) is 0. The van der Waals surface area contributed by atoms with Gasteiger partial charge in [-0.3, -0.25) is 4.79 Å². The molecule has 1 amide bonds. The molecule has 1 unspecified atom stereocenters. The van der Waals surface area contributed by atoms with Crippen LogP contribution in [-0.2, 0) is 4.79 Å². The molecule has 120 valence electrons. The number of carbonyl (C=O) groups excluding carboxylic acids is 1. The number of carbonyl (C=O) groups is 1. The lowest BCUT2D eigenvalue weighted by atomic mass is 10.1. The van der Waals surface area contributed by atoms with Crippen LogP contribution in [0.5, 0.6) is 0 Å². The highest BCUT2D eigenvalue weighted by Crippen LogP contribution is 2.25. The van der Waals surface area contributed by atoms with E-state index in [-0.39, 0.29) is 17.6 Å². The number of benzene rings is 2. The Kier molecular flexibility index (Phi) is 4.23. The van der Waals surface area contributed by atoms with Gasteiger partial charge in [0.25, 0.3) is 0 Å². The second-order valence-corrected chi connectivity index (χ2v) is 5.57. The molecule has 2 aromatic rings. The van der Waals surface area contributed by atoms with Crippen LogP contribution in [0.15, 0.2) is 42.5 Å². The van der Waals surface area contributed by atoms with Crippen LogP contribution < -0.4 is 10.6 Å². The number of anilines is 1. The highest BCUT2D eigenvalue weighted by atomic mass is 19.1. The molecule has 0 heterocycles. The fourth-order valence-corrected chi connectivity index (χ4v) is 2.27. The van der Waals surface area contributed by atoms with E-state index in [4.69, 9.17) is 0 Å². The monoisotopic (exact) mass is 320 g/mol. The van der Waals surface area contributed by atoms with E-state index in [1.807, 2.05) is 0 Å². The van der Waals surface area contributed by atoms with E-state index in [2.05, 4.69) is 10.6 Å². The van der Waals surface area contributed by atoms with Crippen LogP contribution in [0, 0.1) is 17.5 Å². The number of hydrogen-bond donors (Lipinski definition) is 2. The van der Waals surface area contributed by atoms with Crippen molar-refractivity contribution in [2.75, 3.05) is 5.32 Å². The molecule has 0 aliphatic heterocycles. The summed E-state index contributed by atoms with van der Waals surface area (Å²) in [5.41, 5.74) is 0.650. The molecular formula is C17H15F3N2O. The molecule has 3 rings (SSSR count). The summed E-state index contributed by atoms with van der Waals surface area (Å²) >= 11 is 0. The van der Waals surface area contributed by atoms with Gasteiger partial charge in [0, 0.05) is 17.8 Å². The van der Waals surface area contributed by atoms with Gasteiger partial charge in [-0.1, -0.05) is 12.1 Å². The van der Waals surface area contributed by atoms with E-state index in [1.54, 1.807) is 0 Å². The average Bonchev–Trinajstić information content (AvgIpc) is 3.29. The smallest absolute Gasteiger partial charge is 0.247 e. The first kappa shape index (κ1) is 15.4. The molecule has 1 aliphatic rings. The van der Waals surface area contributed by atoms with Gasteiger partial charge < -0.3 is 10.6 Å². The van der Waals surface area contributed by atoms with Gasteiger partial charge in [-0.05, 0) is 42.7 Å². The Morgan fingerprint density at radius 1 is 0.957 bits per heavy atom. The summed E-state index contributed by atoms with van der Waals surface area (Å²) < 4.78 is 39.7. The van der Waals surface area contributed by atoms with Gasteiger partial charge in [0.2, 0.25) is 5.91 Å². The molecule has 0 radical (unpaired) electrons. The molecule has 2 N–H and O–H groups in total. The van der Waals surface area contributed by atoms with Gasteiger partial charge in [0.05, 0.1) is 0 Å². The first-order valence-corrected chi connectivity index (χ1v) is 7.30. The third-order valence-corrected chi connectivity index (χ3v) is 3.56. The Hall–Kier alpha value is -2.50. The zero-order valence-corrected chi connectivity index (χ0v) is 12.2. The van der Waals surface area contributed by atoms with Gasteiger partial charge in [0.15, 0.2) is 0 Å². The minimum Gasteiger partial charge on any atom is -0.370 e. The van der Waals surface area contributed by atoms with Crippen LogP contribution in [-0.4, -0.2) is 11.9 Å². The van der Waals surface area contributed by atoms with Gasteiger partial charge in [0.1, 0.15) is 23.5 Å². The molecule has 3 nitrogen and oxygen atoms in total. The van der Waals surface area contributed by atoms with Crippen LogP contribution in [0.25, 0.3) is 0 Å². The van der Waals surface area contributed by atoms with Gasteiger partial charge in [-0.25, -0.2) is 13.2 Å². The van der Waals surface area contributed by atoms with E-state index in [1.165, 1.54) is 24.3 Å². The molecule has 1 aliphatic carbocycles. The summed E-state index contributed by atoms with van der Waals surface area (Å²) in [4.78, 5) is 12.4. The molecule has 0 bridgehead atoms. The number of nitrogens with one attached hydrogen (secondary N) is 2. The van der Waals surface area contributed by atoms with E-state index < -0.39 is 23.5 Å². The van der Waals surface area contributed by atoms with E-state index in [9.17, 15) is 18.0 Å². The van der Waals surface area contributed by atoms with Crippen molar-refractivity contribution in [2.24, 2.45) is 0 Å². The van der Waals surface area contributed by atoms with Crippen LogP contribution >= 0.6 is 0 Å². The normalized spacial score (nSPS) is 15.1. The molecule has 23 heavy (non-hydrogen) atoms. The third-order valence-electron chi connectivity index (χ3n) is 3.56. The molecule has 2 aromatic carbocycles. The van der Waals surface area contributed by atoms with Crippen molar-refractivity contribution >= 4 is 11.6 Å². The topological polar surface area (TPSA) is 41.1 Å². The molecule has 0 spiro atoms. The zero-order chi connectivity index (χ0) is 16.4. The Morgan fingerprint density at radius 2 is 1.57 bits per heavy atom. The minimum atomic E-state index is -0.864. The van der Waals surface area contributed by atoms with Crippen molar-refractivity contribution in [3.63, 3.8) is 0 Å². The van der Waals surface area contributed by atoms with E-state index in [0.29, 0.717) is 5.56 Å². The van der Waals surface area contributed by atoms with Crippen molar-refractivity contribution in [2.45, 2.75) is 24.9 Å². The number of halogens is 3. The summed E-state index contributed by atoms with van der Waals surface area (Å²) in [5, 5.41) is 5.65. The zero-order valence-electron chi connectivity index (χ0n) is 12.2. The van der Waals surface area contributed by atoms with Crippen LogP contribution in [0.1, 0.15) is 24.4 Å². The molecule has 1 saturated carbocycles. The average molecular weight is 320 g/mol. The maximum absolute atomic E-state index is 13.3. The van der Waals surface area contributed by atoms with Crippen LogP contribution in [0.3, 0.4) is 0 Å². The number of rotatable bonds is 5. The first-order chi connectivity index (χ1) is 11.0. The van der Waals surface area contributed by atoms with Crippen molar-refractivity contribution in [1.82, 2.24) is 5.32 Å². The molecule has 0 saturated heterocycles. The van der Waals surface area contributed by atoms with E-state index >= 15 is 0 Å².